The molecule has 4 saturated carbocycles. The van der Waals surface area contributed by atoms with Crippen molar-refractivity contribution in [2.75, 3.05) is 13.1 Å². The smallest absolute Gasteiger partial charge is 0.308 e. The molecule has 0 aromatic carbocycles. The van der Waals surface area contributed by atoms with Gasteiger partial charge >= 0.3 is 5.97 Å². The highest BCUT2D eigenvalue weighted by molar-refractivity contribution is 5.78. The first kappa shape index (κ1) is 26.5. The Morgan fingerprint density at radius 1 is 0.972 bits per heavy atom. The van der Waals surface area contributed by atoms with Crippen LogP contribution in [0.1, 0.15) is 97.8 Å². The molecule has 6 heteroatoms. The van der Waals surface area contributed by atoms with E-state index in [1.807, 2.05) is 0 Å². The summed E-state index contributed by atoms with van der Waals surface area (Å²) in [5.74, 6) is 1.89. The average Bonchev–Trinajstić information content (AvgIpc) is 3.20. The topological polar surface area (TPSA) is 98.1 Å². The molecule has 1 unspecified atom stereocenters. The van der Waals surface area contributed by atoms with Crippen molar-refractivity contribution in [2.24, 2.45) is 52.3 Å². The van der Waals surface area contributed by atoms with Crippen LogP contribution in [0.25, 0.3) is 0 Å². The van der Waals surface area contributed by atoms with Crippen LogP contribution in [-0.4, -0.2) is 57.4 Å². The van der Waals surface area contributed by atoms with Gasteiger partial charge in [0.15, 0.2) is 0 Å². The fraction of sp³-hybridized carbons (Fsp3) is 0.933. The molecular formula is C30H49NO5. The number of carboxylic acids is 1. The zero-order chi connectivity index (χ0) is 25.8. The minimum absolute atomic E-state index is 0.123. The lowest BCUT2D eigenvalue weighted by molar-refractivity contribution is -0.174. The van der Waals surface area contributed by atoms with Crippen molar-refractivity contribution in [3.05, 3.63) is 0 Å². The molecule has 1 amide bonds. The summed E-state index contributed by atoms with van der Waals surface area (Å²) in [6.07, 6.45) is 10.9. The summed E-state index contributed by atoms with van der Waals surface area (Å²) in [4.78, 5) is 26.1. The normalized spacial score (nSPS) is 47.4. The van der Waals surface area contributed by atoms with Gasteiger partial charge in [-0.1, -0.05) is 20.8 Å². The number of aliphatic hydroxyl groups is 2. The van der Waals surface area contributed by atoms with Crippen LogP contribution in [0, 0.1) is 52.3 Å². The summed E-state index contributed by atoms with van der Waals surface area (Å²) in [5, 5.41) is 31.1. The molecular weight excluding hydrogens is 454 g/mol. The first-order chi connectivity index (χ1) is 17.0. The highest BCUT2D eigenvalue weighted by atomic mass is 16.4. The number of hydrogen-bond donors (Lipinski definition) is 3. The van der Waals surface area contributed by atoms with Crippen molar-refractivity contribution in [1.29, 1.82) is 0 Å². The van der Waals surface area contributed by atoms with Crippen LogP contribution in [0.15, 0.2) is 0 Å². The molecule has 4 aliphatic carbocycles. The molecule has 36 heavy (non-hydrogen) atoms. The first-order valence-electron chi connectivity index (χ1n) is 14.9. The van der Waals surface area contributed by atoms with Gasteiger partial charge in [-0.3, -0.25) is 9.59 Å². The van der Waals surface area contributed by atoms with Crippen LogP contribution >= 0.6 is 0 Å². The number of piperidine rings is 1. The maximum atomic E-state index is 13.0. The second kappa shape index (κ2) is 9.87. The van der Waals surface area contributed by atoms with Gasteiger partial charge in [0.25, 0.3) is 0 Å². The van der Waals surface area contributed by atoms with Crippen molar-refractivity contribution in [3.8, 4) is 0 Å². The van der Waals surface area contributed by atoms with Crippen LogP contribution < -0.4 is 0 Å². The molecule has 1 aliphatic heterocycles. The Morgan fingerprint density at radius 3 is 2.44 bits per heavy atom. The number of carbonyl (C=O) groups excluding carboxylic acids is 1. The van der Waals surface area contributed by atoms with Gasteiger partial charge < -0.3 is 20.2 Å². The van der Waals surface area contributed by atoms with E-state index in [4.69, 9.17) is 0 Å². The predicted molar refractivity (Wildman–Crippen MR) is 138 cm³/mol. The summed E-state index contributed by atoms with van der Waals surface area (Å²) < 4.78 is 0. The molecule has 0 spiro atoms. The number of likely N-dealkylation sites (tertiary alicyclic amines) is 1. The lowest BCUT2D eigenvalue weighted by atomic mass is 9.43. The minimum atomic E-state index is -0.782. The first-order valence-corrected chi connectivity index (χ1v) is 14.9. The molecule has 0 aromatic heterocycles. The standard InChI is InChI=1S/C30H49NO5/c1-18(6-9-26(34)31-14-4-5-19(17-31)28(35)36)22-7-8-23-27-24(11-13-30(22,23)3)29(2)12-10-21(32)15-20(29)16-25(27)33/h18-25,27,32-33H,4-17H2,1-3H3,(H,35,36)/t18-,19?,20+,21-,22-,23+,24+,25+,27+,29+,30-/m1/s1. The van der Waals surface area contributed by atoms with Crippen LogP contribution in [0.5, 0.6) is 0 Å². The highest BCUT2D eigenvalue weighted by Crippen LogP contribution is 2.68. The van der Waals surface area contributed by atoms with Crippen molar-refractivity contribution in [2.45, 2.75) is 110 Å². The van der Waals surface area contributed by atoms with Gasteiger partial charge in [0.05, 0.1) is 18.1 Å². The molecule has 0 radical (unpaired) electrons. The second-order valence-electron chi connectivity index (χ2n) is 14.0. The highest BCUT2D eigenvalue weighted by Gasteiger charge is 2.62. The molecule has 1 heterocycles. The number of fused-ring (bicyclic) bond motifs is 5. The van der Waals surface area contributed by atoms with Crippen molar-refractivity contribution >= 4 is 11.9 Å². The molecule has 0 bridgehead atoms. The fourth-order valence-electron chi connectivity index (χ4n) is 10.3. The van der Waals surface area contributed by atoms with Gasteiger partial charge in [-0.2, -0.15) is 0 Å². The van der Waals surface area contributed by atoms with E-state index in [-0.39, 0.29) is 28.9 Å². The lowest BCUT2D eigenvalue weighted by Gasteiger charge is -2.62. The zero-order valence-corrected chi connectivity index (χ0v) is 22.7. The van der Waals surface area contributed by atoms with Gasteiger partial charge in [-0.05, 0) is 117 Å². The molecule has 0 aromatic rings. The van der Waals surface area contributed by atoms with E-state index in [0.717, 1.165) is 38.5 Å². The molecule has 5 rings (SSSR count). The maximum absolute atomic E-state index is 13.0. The van der Waals surface area contributed by atoms with E-state index in [1.165, 1.54) is 25.7 Å². The van der Waals surface area contributed by atoms with Crippen LogP contribution in [0.4, 0.5) is 0 Å². The Balaban J connectivity index is 1.23. The van der Waals surface area contributed by atoms with Crippen LogP contribution in [0.2, 0.25) is 0 Å². The van der Waals surface area contributed by atoms with Gasteiger partial charge in [0.2, 0.25) is 5.91 Å². The number of nitrogens with zero attached hydrogens (tertiary/aromatic N) is 1. The molecule has 3 N–H and O–H groups in total. The van der Waals surface area contributed by atoms with Crippen molar-refractivity contribution in [3.63, 3.8) is 0 Å². The Bertz CT molecular complexity index is 847. The third-order valence-electron chi connectivity index (χ3n) is 12.4. The van der Waals surface area contributed by atoms with E-state index in [1.54, 1.807) is 4.90 Å². The number of amides is 1. The van der Waals surface area contributed by atoms with E-state index in [9.17, 15) is 24.9 Å². The van der Waals surface area contributed by atoms with Crippen LogP contribution in [0.3, 0.4) is 0 Å². The summed E-state index contributed by atoms with van der Waals surface area (Å²) in [6, 6.07) is 0. The third-order valence-corrected chi connectivity index (χ3v) is 12.4. The summed E-state index contributed by atoms with van der Waals surface area (Å²) in [7, 11) is 0. The number of carbonyl (C=O) groups is 2. The quantitative estimate of drug-likeness (QED) is 0.504. The number of aliphatic carboxylic acids is 1. The van der Waals surface area contributed by atoms with E-state index in [0.29, 0.717) is 61.4 Å². The SMILES string of the molecule is C[C@H](CCC(=O)N1CCCC(C(=O)O)C1)[C@H]1CC[C@H]2[C@@H]3[C@@H](O)C[C@@H]4C[C@H](O)CC[C@]4(C)[C@H]3CC[C@]12C. The van der Waals surface area contributed by atoms with E-state index >= 15 is 0 Å². The average molecular weight is 504 g/mol. The monoisotopic (exact) mass is 503 g/mol. The second-order valence-corrected chi connectivity index (χ2v) is 14.0. The summed E-state index contributed by atoms with van der Waals surface area (Å²) in [6.45, 7) is 8.33. The van der Waals surface area contributed by atoms with Gasteiger partial charge in [-0.15, -0.1) is 0 Å². The fourth-order valence-corrected chi connectivity index (χ4v) is 10.3. The zero-order valence-electron chi connectivity index (χ0n) is 22.7. The molecule has 204 valence electrons. The number of aliphatic hydroxyl groups excluding tert-OH is 2. The molecule has 11 atom stereocenters. The Labute approximate surface area is 217 Å². The van der Waals surface area contributed by atoms with Crippen molar-refractivity contribution in [1.82, 2.24) is 4.90 Å². The van der Waals surface area contributed by atoms with Crippen molar-refractivity contribution < 1.29 is 24.9 Å². The number of rotatable bonds is 5. The number of carboxylic acid groups (broad SMARTS) is 1. The third kappa shape index (κ3) is 4.42. The molecule has 5 aliphatic rings. The summed E-state index contributed by atoms with van der Waals surface area (Å²) in [5.41, 5.74) is 0.477. The van der Waals surface area contributed by atoms with E-state index < -0.39 is 11.9 Å². The molecule has 1 saturated heterocycles. The van der Waals surface area contributed by atoms with Gasteiger partial charge in [0.1, 0.15) is 0 Å². The Kier molecular flexibility index (Phi) is 7.26. The van der Waals surface area contributed by atoms with Crippen LogP contribution in [-0.2, 0) is 9.59 Å². The lowest BCUT2D eigenvalue weighted by Crippen LogP contribution is -2.58. The maximum Gasteiger partial charge on any atom is 0.308 e. The Morgan fingerprint density at radius 2 is 1.69 bits per heavy atom. The van der Waals surface area contributed by atoms with E-state index in [2.05, 4.69) is 20.8 Å². The number of hydrogen-bond acceptors (Lipinski definition) is 4. The summed E-state index contributed by atoms with van der Waals surface area (Å²) >= 11 is 0. The minimum Gasteiger partial charge on any atom is -0.481 e. The molecule has 5 fully saturated rings. The largest absolute Gasteiger partial charge is 0.481 e. The van der Waals surface area contributed by atoms with Gasteiger partial charge in [-0.25, -0.2) is 0 Å². The predicted octanol–water partition coefficient (Wildman–Crippen LogP) is 4.72. The molecule has 6 nitrogen and oxygen atoms in total. The Hall–Kier alpha value is -1.14. The van der Waals surface area contributed by atoms with Gasteiger partial charge in [0, 0.05) is 19.5 Å².